The third-order valence-electron chi connectivity index (χ3n) is 2.56. The molecule has 0 atom stereocenters. The van der Waals surface area contributed by atoms with Crippen LogP contribution >= 0.6 is 12.2 Å². The number of benzene rings is 1. The van der Waals surface area contributed by atoms with Gasteiger partial charge in [-0.1, -0.05) is 25.5 Å². The molecule has 1 aliphatic heterocycles. The van der Waals surface area contributed by atoms with Crippen LogP contribution in [0.1, 0.15) is 41.3 Å². The number of thiocarbonyl (C=S) groups is 1. The zero-order valence-corrected chi connectivity index (χ0v) is 9.39. The summed E-state index contributed by atoms with van der Waals surface area (Å²) >= 11 is 4.98. The molecule has 0 aromatic heterocycles. The average Bonchev–Trinajstić information content (AvgIpc) is 2.53. The molecule has 0 saturated heterocycles. The summed E-state index contributed by atoms with van der Waals surface area (Å²) in [7, 11) is 0. The third-order valence-corrected chi connectivity index (χ3v) is 2.86. The standard InChI is InChI=1S/C12H12O2S/c1-2-3-5-8-6-4-7-9-10(8)11(13)14-12(9)15/h4,6-7H,2-3,5H2,1H3. The van der Waals surface area contributed by atoms with Gasteiger partial charge in [0.1, 0.15) is 0 Å². The summed E-state index contributed by atoms with van der Waals surface area (Å²) in [5, 5.41) is 0.313. The molecule has 2 rings (SSSR count). The number of esters is 1. The molecule has 0 unspecified atom stereocenters. The Bertz CT molecular complexity index is 424. The maximum absolute atomic E-state index is 11.6. The SMILES string of the molecule is CCCCc1cccc2c1C(=O)OC2=S. The molecule has 0 radical (unpaired) electrons. The Kier molecular flexibility index (Phi) is 2.82. The highest BCUT2D eigenvalue weighted by molar-refractivity contribution is 7.80. The van der Waals surface area contributed by atoms with Crippen LogP contribution in [0.4, 0.5) is 0 Å². The summed E-state index contributed by atoms with van der Waals surface area (Å²) in [6.07, 6.45) is 3.11. The van der Waals surface area contributed by atoms with Gasteiger partial charge >= 0.3 is 5.97 Å². The van der Waals surface area contributed by atoms with E-state index in [1.807, 2.05) is 18.2 Å². The Morgan fingerprint density at radius 3 is 2.93 bits per heavy atom. The molecular formula is C12H12O2S. The molecule has 0 amide bonds. The van der Waals surface area contributed by atoms with E-state index in [2.05, 4.69) is 6.92 Å². The van der Waals surface area contributed by atoms with Gasteiger partial charge in [-0.15, -0.1) is 0 Å². The minimum Gasteiger partial charge on any atom is -0.410 e. The summed E-state index contributed by atoms with van der Waals surface area (Å²) in [6, 6.07) is 5.75. The lowest BCUT2D eigenvalue weighted by molar-refractivity contribution is 0.0741. The first kappa shape index (κ1) is 10.3. The minimum atomic E-state index is -0.290. The van der Waals surface area contributed by atoms with E-state index in [-0.39, 0.29) is 5.97 Å². The number of carbonyl (C=O) groups excluding carboxylic acids is 1. The second-order valence-corrected chi connectivity index (χ2v) is 3.99. The van der Waals surface area contributed by atoms with Crippen molar-refractivity contribution in [1.82, 2.24) is 0 Å². The first-order valence-electron chi connectivity index (χ1n) is 5.12. The van der Waals surface area contributed by atoms with Crippen molar-refractivity contribution >= 4 is 23.2 Å². The first-order chi connectivity index (χ1) is 7.24. The van der Waals surface area contributed by atoms with Crippen LogP contribution in [0.2, 0.25) is 0 Å². The van der Waals surface area contributed by atoms with Gasteiger partial charge in [-0.2, -0.15) is 0 Å². The van der Waals surface area contributed by atoms with Crippen LogP contribution in [0.25, 0.3) is 0 Å². The van der Waals surface area contributed by atoms with Crippen molar-refractivity contribution in [2.75, 3.05) is 0 Å². The van der Waals surface area contributed by atoms with E-state index < -0.39 is 0 Å². The Labute approximate surface area is 94.2 Å². The largest absolute Gasteiger partial charge is 0.410 e. The van der Waals surface area contributed by atoms with Gasteiger partial charge in [0.2, 0.25) is 5.05 Å². The quantitative estimate of drug-likeness (QED) is 0.578. The lowest BCUT2D eigenvalue weighted by atomic mass is 9.99. The Morgan fingerprint density at radius 2 is 2.20 bits per heavy atom. The third kappa shape index (κ3) is 1.79. The van der Waals surface area contributed by atoms with Crippen molar-refractivity contribution in [3.05, 3.63) is 34.9 Å². The van der Waals surface area contributed by atoms with Crippen molar-refractivity contribution < 1.29 is 9.53 Å². The van der Waals surface area contributed by atoms with Gasteiger partial charge in [0.15, 0.2) is 0 Å². The predicted octanol–water partition coefficient (Wildman–Crippen LogP) is 2.88. The number of carbonyl (C=O) groups is 1. The van der Waals surface area contributed by atoms with E-state index in [1.54, 1.807) is 0 Å². The Balaban J connectivity index is 2.41. The smallest absolute Gasteiger partial charge is 0.345 e. The predicted molar refractivity (Wildman–Crippen MR) is 62.2 cm³/mol. The molecule has 0 saturated carbocycles. The van der Waals surface area contributed by atoms with E-state index in [4.69, 9.17) is 17.0 Å². The van der Waals surface area contributed by atoms with Gasteiger partial charge in [-0.3, -0.25) is 0 Å². The molecule has 1 heterocycles. The number of hydrogen-bond donors (Lipinski definition) is 0. The first-order valence-corrected chi connectivity index (χ1v) is 5.53. The monoisotopic (exact) mass is 220 g/mol. The van der Waals surface area contributed by atoms with E-state index in [9.17, 15) is 4.79 Å². The van der Waals surface area contributed by atoms with Crippen LogP contribution in [0.5, 0.6) is 0 Å². The number of hydrogen-bond acceptors (Lipinski definition) is 3. The second-order valence-electron chi connectivity index (χ2n) is 3.62. The van der Waals surface area contributed by atoms with Crippen molar-refractivity contribution in [3.8, 4) is 0 Å². The fourth-order valence-corrected chi connectivity index (χ4v) is 2.02. The molecule has 0 N–H and O–H groups in total. The summed E-state index contributed by atoms with van der Waals surface area (Å²) < 4.78 is 4.94. The average molecular weight is 220 g/mol. The molecule has 3 heteroatoms. The zero-order valence-electron chi connectivity index (χ0n) is 8.58. The lowest BCUT2D eigenvalue weighted by Gasteiger charge is -2.03. The minimum absolute atomic E-state index is 0.290. The number of fused-ring (bicyclic) bond motifs is 1. The molecule has 1 aromatic carbocycles. The fraction of sp³-hybridized carbons (Fsp3) is 0.333. The fourth-order valence-electron chi connectivity index (χ4n) is 1.78. The van der Waals surface area contributed by atoms with Crippen molar-refractivity contribution in [2.45, 2.75) is 26.2 Å². The van der Waals surface area contributed by atoms with Crippen LogP contribution in [0.3, 0.4) is 0 Å². The Hall–Kier alpha value is -1.22. The van der Waals surface area contributed by atoms with Gasteiger partial charge in [-0.25, -0.2) is 4.79 Å². The van der Waals surface area contributed by atoms with E-state index in [0.717, 1.165) is 30.4 Å². The Morgan fingerprint density at radius 1 is 1.40 bits per heavy atom. The van der Waals surface area contributed by atoms with Crippen LogP contribution < -0.4 is 0 Å². The highest BCUT2D eigenvalue weighted by Crippen LogP contribution is 2.25. The molecule has 0 fully saturated rings. The van der Waals surface area contributed by atoms with Crippen LogP contribution in [-0.2, 0) is 11.2 Å². The molecule has 0 spiro atoms. The maximum Gasteiger partial charge on any atom is 0.345 e. The van der Waals surface area contributed by atoms with Crippen LogP contribution in [0, 0.1) is 0 Å². The molecule has 0 bridgehead atoms. The topological polar surface area (TPSA) is 26.3 Å². The zero-order chi connectivity index (χ0) is 10.8. The van der Waals surface area contributed by atoms with E-state index in [1.165, 1.54) is 0 Å². The highest BCUT2D eigenvalue weighted by atomic mass is 32.1. The number of aryl methyl sites for hydroxylation is 1. The van der Waals surface area contributed by atoms with Crippen molar-refractivity contribution in [1.29, 1.82) is 0 Å². The van der Waals surface area contributed by atoms with Gasteiger partial charge in [-0.05, 0) is 36.7 Å². The number of unbranched alkanes of at least 4 members (excludes halogenated alkanes) is 1. The summed E-state index contributed by atoms with van der Waals surface area (Å²) in [4.78, 5) is 11.6. The van der Waals surface area contributed by atoms with Gasteiger partial charge in [0.25, 0.3) is 0 Å². The normalized spacial score (nSPS) is 13.9. The van der Waals surface area contributed by atoms with E-state index >= 15 is 0 Å². The number of ether oxygens (including phenoxy) is 1. The molecule has 1 aromatic rings. The van der Waals surface area contributed by atoms with Crippen LogP contribution in [-0.4, -0.2) is 11.0 Å². The molecular weight excluding hydrogens is 208 g/mol. The highest BCUT2D eigenvalue weighted by Gasteiger charge is 2.28. The molecule has 15 heavy (non-hydrogen) atoms. The van der Waals surface area contributed by atoms with Gasteiger partial charge in [0.05, 0.1) is 5.56 Å². The molecule has 78 valence electrons. The summed E-state index contributed by atoms with van der Waals surface area (Å²) in [6.45, 7) is 2.13. The molecule has 2 nitrogen and oxygen atoms in total. The summed E-state index contributed by atoms with van der Waals surface area (Å²) in [5.41, 5.74) is 2.51. The van der Waals surface area contributed by atoms with Gasteiger partial charge < -0.3 is 4.74 Å². The van der Waals surface area contributed by atoms with Crippen LogP contribution in [0.15, 0.2) is 18.2 Å². The molecule has 1 aliphatic rings. The lowest BCUT2D eigenvalue weighted by Crippen LogP contribution is -2.00. The molecule has 0 aliphatic carbocycles. The second kappa shape index (κ2) is 4.11. The van der Waals surface area contributed by atoms with Crippen molar-refractivity contribution in [3.63, 3.8) is 0 Å². The van der Waals surface area contributed by atoms with E-state index in [0.29, 0.717) is 10.6 Å². The number of rotatable bonds is 3. The number of cyclic esters (lactones) is 1. The van der Waals surface area contributed by atoms with Crippen molar-refractivity contribution in [2.24, 2.45) is 0 Å². The summed E-state index contributed by atoms with van der Waals surface area (Å²) in [5.74, 6) is -0.290. The maximum atomic E-state index is 11.6. The van der Waals surface area contributed by atoms with Gasteiger partial charge in [0, 0.05) is 5.56 Å².